The molecule has 1 amide bonds. The molecule has 2 aromatic rings. The number of nitrogens with two attached hydrogens (primary N) is 1. The minimum absolute atomic E-state index is 0.0740. The number of hydrogen-bond acceptors (Lipinski definition) is 2. The van der Waals surface area contributed by atoms with E-state index < -0.39 is 6.04 Å². The summed E-state index contributed by atoms with van der Waals surface area (Å²) >= 11 is 0. The van der Waals surface area contributed by atoms with E-state index in [4.69, 9.17) is 5.73 Å². The Morgan fingerprint density at radius 3 is 2.38 bits per heavy atom. The highest BCUT2D eigenvalue weighted by molar-refractivity contribution is 5.83. The molecular formula is C20H23FN2O. The fourth-order valence-electron chi connectivity index (χ4n) is 2.77. The minimum Gasteiger partial charge on any atom is -0.336 e. The lowest BCUT2D eigenvalue weighted by atomic mass is 10.0. The predicted molar refractivity (Wildman–Crippen MR) is 92.6 cm³/mol. The Kier molecular flexibility index (Phi) is 4.95. The van der Waals surface area contributed by atoms with Gasteiger partial charge >= 0.3 is 0 Å². The second-order valence-corrected chi connectivity index (χ2v) is 6.68. The van der Waals surface area contributed by atoms with Crippen LogP contribution in [0.25, 0.3) is 0 Å². The van der Waals surface area contributed by atoms with Gasteiger partial charge in [0.1, 0.15) is 11.9 Å². The van der Waals surface area contributed by atoms with E-state index in [1.807, 2.05) is 36.1 Å². The molecule has 1 atom stereocenters. The number of aryl methyl sites for hydroxylation is 1. The zero-order valence-corrected chi connectivity index (χ0v) is 13.9. The standard InChI is InChI=1S/C20H23FN2O/c1-14-2-8-17(9-3-14)19(22)20(24)23(12-15-4-5-15)13-16-6-10-18(21)11-7-16/h2-3,6-11,15,19H,4-5,12-13,22H2,1H3. The van der Waals surface area contributed by atoms with Crippen LogP contribution in [0.5, 0.6) is 0 Å². The molecule has 0 aromatic heterocycles. The molecule has 1 aliphatic carbocycles. The quantitative estimate of drug-likeness (QED) is 0.882. The molecule has 2 N–H and O–H groups in total. The molecule has 3 rings (SSSR count). The van der Waals surface area contributed by atoms with Gasteiger partial charge in [-0.25, -0.2) is 4.39 Å². The lowest BCUT2D eigenvalue weighted by molar-refractivity contribution is -0.133. The van der Waals surface area contributed by atoms with Gasteiger partial charge in [0.2, 0.25) is 5.91 Å². The summed E-state index contributed by atoms with van der Waals surface area (Å²) in [6, 6.07) is 13.4. The Labute approximate surface area is 142 Å². The summed E-state index contributed by atoms with van der Waals surface area (Å²) in [4.78, 5) is 14.7. The molecule has 0 spiro atoms. The molecule has 0 heterocycles. The van der Waals surface area contributed by atoms with Gasteiger partial charge in [-0.15, -0.1) is 0 Å². The predicted octanol–water partition coefficient (Wildman–Crippen LogP) is 3.57. The Morgan fingerprint density at radius 1 is 1.17 bits per heavy atom. The van der Waals surface area contributed by atoms with E-state index in [0.717, 1.165) is 36.1 Å². The van der Waals surface area contributed by atoms with Crippen LogP contribution in [0.1, 0.15) is 35.6 Å². The van der Waals surface area contributed by atoms with E-state index in [1.165, 1.54) is 12.1 Å². The number of nitrogens with zero attached hydrogens (tertiary/aromatic N) is 1. The van der Waals surface area contributed by atoms with Gasteiger partial charge in [-0.05, 0) is 48.9 Å². The van der Waals surface area contributed by atoms with Crippen LogP contribution in [-0.4, -0.2) is 17.4 Å². The molecule has 24 heavy (non-hydrogen) atoms. The average molecular weight is 326 g/mol. The fourth-order valence-corrected chi connectivity index (χ4v) is 2.77. The van der Waals surface area contributed by atoms with Gasteiger partial charge in [0.05, 0.1) is 0 Å². The minimum atomic E-state index is -0.662. The summed E-state index contributed by atoms with van der Waals surface area (Å²) < 4.78 is 13.1. The Morgan fingerprint density at radius 2 is 1.79 bits per heavy atom. The Hall–Kier alpha value is -2.20. The van der Waals surface area contributed by atoms with Crippen molar-refractivity contribution in [3.63, 3.8) is 0 Å². The number of carbonyl (C=O) groups excluding carboxylic acids is 1. The largest absolute Gasteiger partial charge is 0.336 e. The van der Waals surface area contributed by atoms with Crippen molar-refractivity contribution >= 4 is 5.91 Å². The maximum atomic E-state index is 13.1. The van der Waals surface area contributed by atoms with Crippen molar-refractivity contribution in [3.8, 4) is 0 Å². The van der Waals surface area contributed by atoms with Crippen molar-refractivity contribution < 1.29 is 9.18 Å². The summed E-state index contributed by atoms with van der Waals surface area (Å²) in [6.45, 7) is 3.19. The van der Waals surface area contributed by atoms with Crippen LogP contribution in [0, 0.1) is 18.7 Å². The van der Waals surface area contributed by atoms with E-state index in [2.05, 4.69) is 0 Å². The number of amides is 1. The van der Waals surface area contributed by atoms with Crippen molar-refractivity contribution in [1.29, 1.82) is 0 Å². The molecule has 1 unspecified atom stereocenters. The van der Waals surface area contributed by atoms with Crippen LogP contribution in [0.4, 0.5) is 4.39 Å². The highest BCUT2D eigenvalue weighted by Gasteiger charge is 2.29. The van der Waals surface area contributed by atoms with Gasteiger partial charge < -0.3 is 10.6 Å². The van der Waals surface area contributed by atoms with E-state index >= 15 is 0 Å². The summed E-state index contributed by atoms with van der Waals surface area (Å²) in [7, 11) is 0. The first kappa shape index (κ1) is 16.7. The van der Waals surface area contributed by atoms with Crippen molar-refractivity contribution in [1.82, 2.24) is 4.90 Å². The fraction of sp³-hybridized carbons (Fsp3) is 0.350. The molecule has 3 nitrogen and oxygen atoms in total. The van der Waals surface area contributed by atoms with Crippen LogP contribution in [0.3, 0.4) is 0 Å². The lowest BCUT2D eigenvalue weighted by Crippen LogP contribution is -2.39. The SMILES string of the molecule is Cc1ccc(C(N)C(=O)N(Cc2ccc(F)cc2)CC2CC2)cc1. The van der Waals surface area contributed by atoms with Gasteiger partial charge in [0.25, 0.3) is 0 Å². The summed E-state index contributed by atoms with van der Waals surface area (Å²) in [5, 5.41) is 0. The molecule has 1 fully saturated rings. The van der Waals surface area contributed by atoms with E-state index in [9.17, 15) is 9.18 Å². The maximum absolute atomic E-state index is 13.1. The third-order valence-corrected chi connectivity index (χ3v) is 4.48. The van der Waals surface area contributed by atoms with Crippen LogP contribution < -0.4 is 5.73 Å². The molecule has 126 valence electrons. The highest BCUT2D eigenvalue weighted by Crippen LogP contribution is 2.31. The zero-order valence-electron chi connectivity index (χ0n) is 13.9. The van der Waals surface area contributed by atoms with Gasteiger partial charge in [-0.1, -0.05) is 42.0 Å². The van der Waals surface area contributed by atoms with Gasteiger partial charge in [0, 0.05) is 13.1 Å². The molecule has 0 saturated heterocycles. The third kappa shape index (κ3) is 4.20. The second-order valence-electron chi connectivity index (χ2n) is 6.68. The maximum Gasteiger partial charge on any atom is 0.244 e. The topological polar surface area (TPSA) is 46.3 Å². The molecule has 0 bridgehead atoms. The molecular weight excluding hydrogens is 303 g/mol. The van der Waals surface area contributed by atoms with E-state index in [1.54, 1.807) is 12.1 Å². The smallest absolute Gasteiger partial charge is 0.244 e. The molecule has 0 aliphatic heterocycles. The van der Waals surface area contributed by atoms with Gasteiger partial charge in [0.15, 0.2) is 0 Å². The summed E-state index contributed by atoms with van der Waals surface area (Å²) in [5.74, 6) is 0.227. The molecule has 4 heteroatoms. The highest BCUT2D eigenvalue weighted by atomic mass is 19.1. The van der Waals surface area contributed by atoms with Crippen LogP contribution in [-0.2, 0) is 11.3 Å². The van der Waals surface area contributed by atoms with Gasteiger partial charge in [-0.2, -0.15) is 0 Å². The number of benzene rings is 2. The number of carbonyl (C=O) groups is 1. The van der Waals surface area contributed by atoms with E-state index in [0.29, 0.717) is 12.5 Å². The Balaban J connectivity index is 1.75. The second kappa shape index (κ2) is 7.14. The van der Waals surface area contributed by atoms with Gasteiger partial charge in [-0.3, -0.25) is 4.79 Å². The first-order valence-electron chi connectivity index (χ1n) is 8.38. The monoisotopic (exact) mass is 326 g/mol. The average Bonchev–Trinajstić information content (AvgIpc) is 3.40. The third-order valence-electron chi connectivity index (χ3n) is 4.48. The van der Waals surface area contributed by atoms with Crippen molar-refractivity contribution in [2.45, 2.75) is 32.4 Å². The number of halogens is 1. The Bertz CT molecular complexity index is 693. The molecule has 0 radical (unpaired) electrons. The van der Waals surface area contributed by atoms with Crippen molar-refractivity contribution in [2.24, 2.45) is 11.7 Å². The normalized spacial score (nSPS) is 15.1. The first-order chi connectivity index (χ1) is 11.5. The summed E-state index contributed by atoms with van der Waals surface area (Å²) in [5.41, 5.74) is 9.09. The summed E-state index contributed by atoms with van der Waals surface area (Å²) in [6.07, 6.45) is 2.32. The molecule has 1 saturated carbocycles. The van der Waals surface area contributed by atoms with E-state index in [-0.39, 0.29) is 11.7 Å². The molecule has 1 aliphatic rings. The van der Waals surface area contributed by atoms with Crippen molar-refractivity contribution in [2.75, 3.05) is 6.54 Å². The first-order valence-corrected chi connectivity index (χ1v) is 8.38. The zero-order chi connectivity index (χ0) is 17.1. The number of rotatable bonds is 6. The van der Waals surface area contributed by atoms with Crippen LogP contribution in [0.15, 0.2) is 48.5 Å². The van der Waals surface area contributed by atoms with Crippen LogP contribution >= 0.6 is 0 Å². The lowest BCUT2D eigenvalue weighted by Gasteiger charge is -2.26. The van der Waals surface area contributed by atoms with Crippen LogP contribution in [0.2, 0.25) is 0 Å². The van der Waals surface area contributed by atoms with Crippen molar-refractivity contribution in [3.05, 3.63) is 71.0 Å². The molecule has 2 aromatic carbocycles. The number of hydrogen-bond donors (Lipinski definition) is 1.